The maximum atomic E-state index is 13.2. The number of aliphatic hydroxyl groups is 1. The molecule has 0 spiro atoms. The van der Waals surface area contributed by atoms with Gasteiger partial charge >= 0.3 is 5.97 Å². The van der Waals surface area contributed by atoms with E-state index in [0.29, 0.717) is 42.1 Å². The van der Waals surface area contributed by atoms with Gasteiger partial charge in [-0.25, -0.2) is 0 Å². The number of ether oxygens (including phenoxy) is 2. The Morgan fingerprint density at radius 1 is 0.673 bits per heavy atom. The van der Waals surface area contributed by atoms with Gasteiger partial charge < -0.3 is 14.6 Å². The fraction of sp³-hybridized carbons (Fsp3) is 0.979. The van der Waals surface area contributed by atoms with Gasteiger partial charge in [0.1, 0.15) is 6.10 Å². The first kappa shape index (κ1) is 41.0. The van der Waals surface area contributed by atoms with Gasteiger partial charge in [-0.15, -0.1) is 0 Å². The largest absolute Gasteiger partial charge is 0.462 e. The van der Waals surface area contributed by atoms with Crippen LogP contribution in [0.1, 0.15) is 216 Å². The van der Waals surface area contributed by atoms with Crippen molar-refractivity contribution in [3.05, 3.63) is 0 Å². The fourth-order valence-electron chi connectivity index (χ4n) is 15.2. The van der Waals surface area contributed by atoms with E-state index < -0.39 is 0 Å². The van der Waals surface area contributed by atoms with Gasteiger partial charge in [-0.05, 0) is 116 Å². The van der Waals surface area contributed by atoms with E-state index in [2.05, 4.69) is 62.3 Å². The molecule has 13 unspecified atom stereocenters. The normalized spacial score (nSPS) is 45.9. The lowest BCUT2D eigenvalue weighted by Gasteiger charge is -2.74. The molecule has 6 rings (SSSR count). The van der Waals surface area contributed by atoms with Crippen molar-refractivity contribution in [2.24, 2.45) is 56.7 Å². The van der Waals surface area contributed by atoms with Crippen LogP contribution in [0.25, 0.3) is 0 Å². The van der Waals surface area contributed by atoms with Crippen molar-refractivity contribution in [2.45, 2.75) is 240 Å². The molecule has 0 aromatic rings. The quantitative estimate of drug-likeness (QED) is 0.0922. The summed E-state index contributed by atoms with van der Waals surface area (Å²) in [4.78, 5) is 13.2. The van der Waals surface area contributed by atoms with Crippen molar-refractivity contribution in [3.63, 3.8) is 0 Å². The third-order valence-corrected chi connectivity index (χ3v) is 18.8. The molecule has 5 aliphatic carbocycles. The monoisotopic (exact) mass is 725 g/mol. The molecule has 1 heterocycles. The van der Waals surface area contributed by atoms with Crippen molar-refractivity contribution < 1.29 is 19.4 Å². The first-order valence-electron chi connectivity index (χ1n) is 23.1. The number of esters is 1. The maximum absolute atomic E-state index is 13.2. The van der Waals surface area contributed by atoms with Gasteiger partial charge in [0, 0.05) is 11.8 Å². The molecule has 4 nitrogen and oxygen atoms in total. The molecule has 0 bridgehead atoms. The molecule has 13 atom stereocenters. The number of carbonyl (C=O) groups excluding carboxylic acids is 1. The van der Waals surface area contributed by atoms with Gasteiger partial charge in [0.25, 0.3) is 0 Å². The average Bonchev–Trinajstić information content (AvgIpc) is 3.75. The number of epoxide rings is 1. The molecule has 4 heteroatoms. The lowest BCUT2D eigenvalue weighted by molar-refractivity contribution is -0.273. The highest BCUT2D eigenvalue weighted by atomic mass is 16.6. The van der Waals surface area contributed by atoms with E-state index in [-0.39, 0.29) is 50.9 Å². The molecular formula is C48H84O4. The number of hydrogen-bond donors (Lipinski definition) is 1. The van der Waals surface area contributed by atoms with Crippen LogP contribution < -0.4 is 0 Å². The Balaban J connectivity index is 0.965. The zero-order valence-electron chi connectivity index (χ0n) is 35.8. The van der Waals surface area contributed by atoms with Gasteiger partial charge in [0.2, 0.25) is 0 Å². The molecule has 6 fully saturated rings. The molecule has 1 aliphatic heterocycles. The number of rotatable bonds is 17. The molecular weight excluding hydrogens is 641 g/mol. The molecule has 0 amide bonds. The first-order chi connectivity index (χ1) is 24.6. The maximum Gasteiger partial charge on any atom is 0.306 e. The molecule has 1 saturated heterocycles. The van der Waals surface area contributed by atoms with E-state index in [0.717, 1.165) is 38.5 Å². The summed E-state index contributed by atoms with van der Waals surface area (Å²) in [5.41, 5.74) is 0.522. The lowest BCUT2D eigenvalue weighted by Crippen LogP contribution is -2.70. The first-order valence-corrected chi connectivity index (χ1v) is 23.1. The third-order valence-electron chi connectivity index (χ3n) is 18.8. The van der Waals surface area contributed by atoms with Gasteiger partial charge in [-0.1, -0.05) is 145 Å². The van der Waals surface area contributed by atoms with Gasteiger partial charge in [-0.3, -0.25) is 4.79 Å². The van der Waals surface area contributed by atoms with E-state index >= 15 is 0 Å². The molecule has 0 aromatic heterocycles. The Labute approximate surface area is 321 Å². The van der Waals surface area contributed by atoms with Gasteiger partial charge in [0.05, 0.1) is 17.8 Å². The predicted octanol–water partition coefficient (Wildman–Crippen LogP) is 13.0. The molecule has 5 saturated carbocycles. The summed E-state index contributed by atoms with van der Waals surface area (Å²) in [6.07, 6.45) is 30.0. The second-order valence-corrected chi connectivity index (χ2v) is 21.7. The van der Waals surface area contributed by atoms with Crippen molar-refractivity contribution in [1.82, 2.24) is 0 Å². The topological polar surface area (TPSA) is 59.1 Å². The van der Waals surface area contributed by atoms with E-state index in [1.54, 1.807) is 0 Å². The Bertz CT molecular complexity index is 1210. The summed E-state index contributed by atoms with van der Waals surface area (Å²) in [5, 5.41) is 12.1. The second-order valence-electron chi connectivity index (χ2n) is 21.7. The number of carbonyl (C=O) groups is 1. The minimum Gasteiger partial charge on any atom is -0.462 e. The zero-order valence-corrected chi connectivity index (χ0v) is 35.8. The lowest BCUT2D eigenvalue weighted by atomic mass is 9.31. The van der Waals surface area contributed by atoms with E-state index in [9.17, 15) is 9.90 Å². The molecule has 0 aromatic carbocycles. The summed E-state index contributed by atoms with van der Waals surface area (Å²) < 4.78 is 12.8. The minimum atomic E-state index is -0.257. The number of unbranched alkanes of at least 4 members (excludes halogenated alkanes) is 14. The fourth-order valence-corrected chi connectivity index (χ4v) is 15.2. The van der Waals surface area contributed by atoms with Gasteiger partial charge in [-0.2, -0.15) is 0 Å². The summed E-state index contributed by atoms with van der Waals surface area (Å²) in [5.74, 6) is 2.89. The number of fused-ring (bicyclic) bond motifs is 8. The minimum absolute atomic E-state index is 0.00948. The van der Waals surface area contributed by atoms with Crippen LogP contribution >= 0.6 is 0 Å². The van der Waals surface area contributed by atoms with Crippen LogP contribution in [0.4, 0.5) is 0 Å². The third kappa shape index (κ3) is 7.13. The van der Waals surface area contributed by atoms with Crippen LogP contribution in [0.2, 0.25) is 0 Å². The highest BCUT2D eigenvalue weighted by Gasteiger charge is 2.75. The highest BCUT2D eigenvalue weighted by Crippen LogP contribution is 2.78. The van der Waals surface area contributed by atoms with Crippen LogP contribution in [-0.2, 0) is 14.3 Å². The Hall–Kier alpha value is -0.610. The van der Waals surface area contributed by atoms with E-state index in [1.807, 2.05) is 0 Å². The van der Waals surface area contributed by atoms with Crippen LogP contribution in [0.15, 0.2) is 0 Å². The van der Waals surface area contributed by atoms with Crippen LogP contribution in [0, 0.1) is 56.7 Å². The summed E-state index contributed by atoms with van der Waals surface area (Å²) in [7, 11) is 0. The SMILES string of the molecule is CCCCCCCCCCCCCCCCCC(=O)OC1CCC2(C)C(CCC3(C)C2CCC2C4C(C)C5(C)OC5CC4(C)C(O)CC23C)C1(C)C. The smallest absolute Gasteiger partial charge is 0.306 e. The standard InChI is InChI=1S/C48H84O4/c1-10-11-12-13-14-15-16-17-18-19-20-21-22-23-24-25-41(50)51-39-29-30-44(5)36(43(39,3)4)28-31-46(7)37(44)27-26-35-42-34(2)48(9)40(52-48)33-45(42,6)38(49)32-47(35,46)8/h34-40,42,49H,10-33H2,1-9H3. The number of aliphatic hydroxyl groups excluding tert-OH is 1. The van der Waals surface area contributed by atoms with Crippen molar-refractivity contribution >= 4 is 5.97 Å². The predicted molar refractivity (Wildman–Crippen MR) is 215 cm³/mol. The molecule has 1 N–H and O–H groups in total. The summed E-state index contributed by atoms with van der Waals surface area (Å²) in [6, 6.07) is 0. The Morgan fingerprint density at radius 3 is 1.85 bits per heavy atom. The molecule has 0 radical (unpaired) electrons. The summed E-state index contributed by atoms with van der Waals surface area (Å²) >= 11 is 0. The zero-order chi connectivity index (χ0) is 37.6. The van der Waals surface area contributed by atoms with Gasteiger partial charge in [0.15, 0.2) is 0 Å². The molecule has 6 aliphatic rings. The van der Waals surface area contributed by atoms with Crippen molar-refractivity contribution in [3.8, 4) is 0 Å². The van der Waals surface area contributed by atoms with E-state index in [1.165, 1.54) is 109 Å². The Kier molecular flexibility index (Phi) is 12.4. The Morgan fingerprint density at radius 2 is 1.25 bits per heavy atom. The average molecular weight is 725 g/mol. The van der Waals surface area contributed by atoms with Crippen molar-refractivity contribution in [1.29, 1.82) is 0 Å². The summed E-state index contributed by atoms with van der Waals surface area (Å²) in [6.45, 7) is 22.3. The van der Waals surface area contributed by atoms with Crippen LogP contribution in [-0.4, -0.2) is 35.0 Å². The highest BCUT2D eigenvalue weighted by molar-refractivity contribution is 5.69. The van der Waals surface area contributed by atoms with E-state index in [4.69, 9.17) is 9.47 Å². The number of hydrogen-bond acceptors (Lipinski definition) is 4. The van der Waals surface area contributed by atoms with Crippen LogP contribution in [0.5, 0.6) is 0 Å². The molecule has 300 valence electrons. The second kappa shape index (κ2) is 15.7. The molecule has 52 heavy (non-hydrogen) atoms. The van der Waals surface area contributed by atoms with Crippen molar-refractivity contribution in [2.75, 3.05) is 0 Å². The van der Waals surface area contributed by atoms with Crippen LogP contribution in [0.3, 0.4) is 0 Å².